The van der Waals surface area contributed by atoms with Crippen molar-refractivity contribution in [3.63, 3.8) is 0 Å². The summed E-state index contributed by atoms with van der Waals surface area (Å²) in [4.78, 5) is 13.9. The van der Waals surface area contributed by atoms with E-state index in [0.29, 0.717) is 12.1 Å². The third-order valence-corrected chi connectivity index (χ3v) is 3.14. The molecule has 1 amide bonds. The predicted molar refractivity (Wildman–Crippen MR) is 75.4 cm³/mol. The quantitative estimate of drug-likeness (QED) is 0.706. The van der Waals surface area contributed by atoms with Crippen molar-refractivity contribution < 1.29 is 9.18 Å². The molecule has 0 aliphatic heterocycles. The van der Waals surface area contributed by atoms with Gasteiger partial charge in [0.25, 0.3) is 0 Å². The van der Waals surface area contributed by atoms with Gasteiger partial charge >= 0.3 is 0 Å². The average molecular weight is 316 g/mol. The summed E-state index contributed by atoms with van der Waals surface area (Å²) in [5, 5.41) is 0.750. The Hall–Kier alpha value is -0.900. The minimum atomic E-state index is -0.305. The molecule has 0 saturated carbocycles. The van der Waals surface area contributed by atoms with Crippen LogP contribution in [0.25, 0.3) is 0 Å². The van der Waals surface area contributed by atoms with Gasteiger partial charge in [0.2, 0.25) is 5.91 Å². The molecule has 0 bridgehead atoms. The third kappa shape index (κ3) is 4.77. The van der Waals surface area contributed by atoms with Crippen LogP contribution in [0.3, 0.4) is 0 Å². The molecular formula is C14H19BrFNO. The molecule has 0 aliphatic rings. The lowest BCUT2D eigenvalue weighted by Crippen LogP contribution is -2.34. The normalized spacial score (nSPS) is 10.4. The molecule has 18 heavy (non-hydrogen) atoms. The van der Waals surface area contributed by atoms with Crippen molar-refractivity contribution in [2.24, 2.45) is 0 Å². The highest BCUT2D eigenvalue weighted by Crippen LogP contribution is 2.09. The standard InChI is InChI=1S/C14H19BrFNO/c1-2-3-9-17(10-8-15)14(18)11-12-6-4-5-7-13(12)16/h4-7H,2-3,8-11H2,1H3. The summed E-state index contributed by atoms with van der Waals surface area (Å²) in [6.45, 7) is 3.51. The van der Waals surface area contributed by atoms with E-state index in [1.165, 1.54) is 6.07 Å². The fraction of sp³-hybridized carbons (Fsp3) is 0.500. The Morgan fingerprint density at radius 1 is 1.33 bits per heavy atom. The lowest BCUT2D eigenvalue weighted by Gasteiger charge is -2.21. The van der Waals surface area contributed by atoms with Gasteiger partial charge in [0, 0.05) is 18.4 Å². The first kappa shape index (κ1) is 15.2. The van der Waals surface area contributed by atoms with Gasteiger partial charge in [-0.1, -0.05) is 47.5 Å². The van der Waals surface area contributed by atoms with Gasteiger partial charge in [-0.25, -0.2) is 4.39 Å². The van der Waals surface area contributed by atoms with E-state index < -0.39 is 0 Å². The number of amides is 1. The van der Waals surface area contributed by atoms with Gasteiger partial charge in [-0.15, -0.1) is 0 Å². The van der Waals surface area contributed by atoms with Gasteiger partial charge in [-0.3, -0.25) is 4.79 Å². The lowest BCUT2D eigenvalue weighted by molar-refractivity contribution is -0.130. The van der Waals surface area contributed by atoms with Crippen molar-refractivity contribution in [3.05, 3.63) is 35.6 Å². The molecule has 0 heterocycles. The van der Waals surface area contributed by atoms with E-state index in [4.69, 9.17) is 0 Å². The number of unbranched alkanes of at least 4 members (excludes halogenated alkanes) is 1. The van der Waals surface area contributed by atoms with Gasteiger partial charge in [0.05, 0.1) is 6.42 Å². The Bertz CT molecular complexity index is 384. The van der Waals surface area contributed by atoms with Crippen molar-refractivity contribution in [2.75, 3.05) is 18.4 Å². The number of carbonyl (C=O) groups excluding carboxylic acids is 1. The second-order valence-corrected chi connectivity index (χ2v) is 4.98. The van der Waals surface area contributed by atoms with E-state index in [1.54, 1.807) is 23.1 Å². The molecule has 0 aromatic heterocycles. The van der Waals surface area contributed by atoms with E-state index in [0.717, 1.165) is 24.7 Å². The summed E-state index contributed by atoms with van der Waals surface area (Å²) in [6.07, 6.45) is 2.17. The topological polar surface area (TPSA) is 20.3 Å². The zero-order valence-electron chi connectivity index (χ0n) is 10.7. The minimum Gasteiger partial charge on any atom is -0.342 e. The molecule has 0 radical (unpaired) electrons. The SMILES string of the molecule is CCCCN(CCBr)C(=O)Cc1ccccc1F. The first-order valence-corrected chi connectivity index (χ1v) is 7.38. The molecule has 0 fully saturated rings. The highest BCUT2D eigenvalue weighted by atomic mass is 79.9. The van der Waals surface area contributed by atoms with Crippen molar-refractivity contribution in [2.45, 2.75) is 26.2 Å². The molecule has 1 aromatic carbocycles. The minimum absolute atomic E-state index is 0.00648. The van der Waals surface area contributed by atoms with Crippen LogP contribution in [0.5, 0.6) is 0 Å². The number of hydrogen-bond donors (Lipinski definition) is 0. The van der Waals surface area contributed by atoms with Gasteiger partial charge in [-0.2, -0.15) is 0 Å². The number of nitrogens with zero attached hydrogens (tertiary/aromatic N) is 1. The van der Waals surface area contributed by atoms with Crippen LogP contribution in [0.15, 0.2) is 24.3 Å². The number of halogens is 2. The molecule has 100 valence electrons. The maximum absolute atomic E-state index is 13.5. The predicted octanol–water partition coefficient (Wildman–Crippen LogP) is 3.39. The van der Waals surface area contributed by atoms with Crippen molar-refractivity contribution in [1.29, 1.82) is 0 Å². The van der Waals surface area contributed by atoms with Crippen molar-refractivity contribution in [3.8, 4) is 0 Å². The molecule has 4 heteroatoms. The van der Waals surface area contributed by atoms with E-state index >= 15 is 0 Å². The van der Waals surface area contributed by atoms with Crippen LogP contribution in [-0.2, 0) is 11.2 Å². The van der Waals surface area contributed by atoms with Gasteiger partial charge in [0.15, 0.2) is 0 Å². The summed E-state index contributed by atoms with van der Waals surface area (Å²) in [6, 6.07) is 6.45. The lowest BCUT2D eigenvalue weighted by atomic mass is 10.1. The maximum Gasteiger partial charge on any atom is 0.227 e. The summed E-state index contributed by atoms with van der Waals surface area (Å²) in [7, 11) is 0. The van der Waals surface area contributed by atoms with Crippen LogP contribution in [-0.4, -0.2) is 29.2 Å². The number of carbonyl (C=O) groups is 1. The fourth-order valence-corrected chi connectivity index (χ4v) is 2.16. The molecule has 1 aromatic rings. The molecule has 0 atom stereocenters. The molecule has 0 saturated heterocycles. The van der Waals surface area contributed by atoms with Crippen LogP contribution in [0.1, 0.15) is 25.3 Å². The van der Waals surface area contributed by atoms with Crippen LogP contribution in [0.2, 0.25) is 0 Å². The monoisotopic (exact) mass is 315 g/mol. The molecule has 1 rings (SSSR count). The Balaban J connectivity index is 2.63. The van der Waals surface area contributed by atoms with Crippen LogP contribution in [0, 0.1) is 5.82 Å². The Morgan fingerprint density at radius 2 is 2.06 bits per heavy atom. The van der Waals surface area contributed by atoms with E-state index in [9.17, 15) is 9.18 Å². The first-order valence-electron chi connectivity index (χ1n) is 6.26. The molecule has 0 unspecified atom stereocenters. The van der Waals surface area contributed by atoms with Crippen molar-refractivity contribution in [1.82, 2.24) is 4.90 Å². The average Bonchev–Trinajstić information content (AvgIpc) is 2.37. The smallest absolute Gasteiger partial charge is 0.227 e. The highest BCUT2D eigenvalue weighted by molar-refractivity contribution is 9.09. The van der Waals surface area contributed by atoms with Crippen LogP contribution in [0.4, 0.5) is 4.39 Å². The molecule has 2 nitrogen and oxygen atoms in total. The van der Waals surface area contributed by atoms with E-state index in [1.807, 2.05) is 0 Å². The number of alkyl halides is 1. The van der Waals surface area contributed by atoms with Crippen LogP contribution >= 0.6 is 15.9 Å². The molecule has 0 aliphatic carbocycles. The summed E-state index contributed by atoms with van der Waals surface area (Å²) >= 11 is 3.34. The highest BCUT2D eigenvalue weighted by Gasteiger charge is 2.14. The summed E-state index contributed by atoms with van der Waals surface area (Å²) < 4.78 is 13.5. The Labute approximate surface area is 116 Å². The second-order valence-electron chi connectivity index (χ2n) is 4.19. The second kappa shape index (κ2) is 8.25. The van der Waals surface area contributed by atoms with Gasteiger partial charge in [-0.05, 0) is 18.1 Å². The van der Waals surface area contributed by atoms with Gasteiger partial charge in [0.1, 0.15) is 5.82 Å². The zero-order chi connectivity index (χ0) is 13.4. The maximum atomic E-state index is 13.5. The number of hydrogen-bond acceptors (Lipinski definition) is 1. The summed E-state index contributed by atoms with van der Waals surface area (Å²) in [5.74, 6) is -0.312. The molecule has 0 N–H and O–H groups in total. The Morgan fingerprint density at radius 3 is 2.67 bits per heavy atom. The molecule has 0 spiro atoms. The molecular weight excluding hydrogens is 297 g/mol. The largest absolute Gasteiger partial charge is 0.342 e. The van der Waals surface area contributed by atoms with E-state index in [2.05, 4.69) is 22.9 Å². The van der Waals surface area contributed by atoms with Gasteiger partial charge < -0.3 is 4.90 Å². The summed E-state index contributed by atoms with van der Waals surface area (Å²) in [5.41, 5.74) is 0.471. The third-order valence-electron chi connectivity index (χ3n) is 2.79. The van der Waals surface area contributed by atoms with Crippen molar-refractivity contribution >= 4 is 21.8 Å². The fourth-order valence-electron chi connectivity index (χ4n) is 1.73. The Kier molecular flexibility index (Phi) is 6.94. The zero-order valence-corrected chi connectivity index (χ0v) is 12.2. The van der Waals surface area contributed by atoms with Crippen LogP contribution < -0.4 is 0 Å². The first-order chi connectivity index (χ1) is 8.69. The number of benzene rings is 1. The number of rotatable bonds is 7. The van der Waals surface area contributed by atoms with E-state index in [-0.39, 0.29) is 18.1 Å².